The Balaban J connectivity index is 1.44. The van der Waals surface area contributed by atoms with Gasteiger partial charge >= 0.3 is 0 Å². The largest absolute Gasteiger partial charge is 0.339 e. The number of likely N-dealkylation sites (tertiary alicyclic amines) is 1. The van der Waals surface area contributed by atoms with Crippen LogP contribution in [0.4, 0.5) is 8.78 Å². The van der Waals surface area contributed by atoms with E-state index in [1.165, 1.54) is 6.33 Å². The van der Waals surface area contributed by atoms with Crippen LogP contribution in [-0.4, -0.2) is 43.0 Å². The van der Waals surface area contributed by atoms with E-state index >= 15 is 0 Å². The van der Waals surface area contributed by atoms with Crippen molar-refractivity contribution in [3.8, 4) is 0 Å². The molecule has 3 heterocycles. The highest BCUT2D eigenvalue weighted by atomic mass is 19.2. The quantitative estimate of drug-likeness (QED) is 0.474. The first kappa shape index (κ1) is 21.2. The Morgan fingerprint density at radius 1 is 1.06 bits per heavy atom. The van der Waals surface area contributed by atoms with E-state index in [0.717, 1.165) is 12.1 Å². The van der Waals surface area contributed by atoms with Gasteiger partial charge in [-0.15, -0.1) is 0 Å². The number of benzene rings is 2. The Labute approximate surface area is 188 Å². The van der Waals surface area contributed by atoms with E-state index in [9.17, 15) is 18.4 Å². The molecule has 4 aromatic rings. The van der Waals surface area contributed by atoms with Crippen molar-refractivity contribution in [3.63, 3.8) is 0 Å². The van der Waals surface area contributed by atoms with E-state index < -0.39 is 17.7 Å². The van der Waals surface area contributed by atoms with Crippen LogP contribution in [0.1, 0.15) is 32.4 Å². The Kier molecular flexibility index (Phi) is 5.19. The molecule has 33 heavy (non-hydrogen) atoms. The Morgan fingerprint density at radius 2 is 1.79 bits per heavy atom. The zero-order chi connectivity index (χ0) is 23.3. The molecule has 2 aromatic heterocycles. The molecule has 2 atom stereocenters. The second-order valence-corrected chi connectivity index (χ2v) is 8.80. The van der Waals surface area contributed by atoms with Crippen molar-refractivity contribution in [1.82, 2.24) is 24.0 Å². The Bertz CT molecular complexity index is 1430. The lowest BCUT2D eigenvalue weighted by Gasteiger charge is -2.27. The molecule has 1 aliphatic rings. The minimum absolute atomic E-state index is 0.118. The number of rotatable bonds is 4. The van der Waals surface area contributed by atoms with Gasteiger partial charge in [-0.1, -0.05) is 26.0 Å². The average Bonchev–Trinajstić information content (AvgIpc) is 3.43. The van der Waals surface area contributed by atoms with Crippen LogP contribution in [0.25, 0.3) is 21.9 Å². The summed E-state index contributed by atoms with van der Waals surface area (Å²) in [5.41, 5.74) is 1.17. The van der Waals surface area contributed by atoms with Crippen LogP contribution in [0.2, 0.25) is 0 Å². The van der Waals surface area contributed by atoms with Crippen molar-refractivity contribution in [3.05, 3.63) is 71.0 Å². The van der Waals surface area contributed by atoms with Crippen molar-refractivity contribution < 1.29 is 13.6 Å². The molecule has 1 saturated heterocycles. The smallest absolute Gasteiger partial charge is 0.261 e. The summed E-state index contributed by atoms with van der Waals surface area (Å²) in [4.78, 5) is 36.8. The molecule has 0 bridgehead atoms. The van der Waals surface area contributed by atoms with Gasteiger partial charge in [-0.25, -0.2) is 18.7 Å². The second kappa shape index (κ2) is 8.06. The molecule has 2 unspecified atom stereocenters. The maximum absolute atomic E-state index is 13.9. The maximum Gasteiger partial charge on any atom is 0.261 e. The second-order valence-electron chi connectivity index (χ2n) is 8.80. The molecule has 0 spiro atoms. The summed E-state index contributed by atoms with van der Waals surface area (Å²) in [6.07, 6.45) is 3.63. The van der Waals surface area contributed by atoms with Gasteiger partial charge in [0.2, 0.25) is 5.91 Å². The van der Waals surface area contributed by atoms with Crippen LogP contribution in [0.15, 0.2) is 53.8 Å². The molecule has 0 saturated carbocycles. The molecule has 1 aliphatic heterocycles. The average molecular weight is 451 g/mol. The lowest BCUT2D eigenvalue weighted by molar-refractivity contribution is -0.135. The van der Waals surface area contributed by atoms with Gasteiger partial charge in [-0.05, 0) is 24.5 Å². The van der Waals surface area contributed by atoms with Gasteiger partial charge in [-0.3, -0.25) is 14.2 Å². The first-order valence-corrected chi connectivity index (χ1v) is 10.9. The first-order valence-electron chi connectivity index (χ1n) is 10.9. The predicted octanol–water partition coefficient (Wildman–Crippen LogP) is 3.70. The zero-order valence-electron chi connectivity index (χ0n) is 18.3. The van der Waals surface area contributed by atoms with Crippen molar-refractivity contribution >= 4 is 27.8 Å². The predicted molar refractivity (Wildman–Crippen MR) is 120 cm³/mol. The lowest BCUT2D eigenvalue weighted by Crippen LogP contribution is -2.38. The fourth-order valence-corrected chi connectivity index (χ4v) is 4.67. The number of amides is 1. The van der Waals surface area contributed by atoms with Crippen LogP contribution in [0.5, 0.6) is 0 Å². The van der Waals surface area contributed by atoms with E-state index in [1.54, 1.807) is 38.6 Å². The summed E-state index contributed by atoms with van der Waals surface area (Å²) < 4.78 is 30.7. The fraction of sp³-hybridized carbons (Fsp3) is 0.333. The van der Waals surface area contributed by atoms with Crippen molar-refractivity contribution in [1.29, 1.82) is 0 Å². The molecule has 1 amide bonds. The summed E-state index contributed by atoms with van der Waals surface area (Å²) in [7, 11) is 0. The van der Waals surface area contributed by atoms with Crippen LogP contribution in [-0.2, 0) is 4.79 Å². The summed E-state index contributed by atoms with van der Waals surface area (Å²) >= 11 is 0. The van der Waals surface area contributed by atoms with Crippen molar-refractivity contribution in [2.24, 2.45) is 5.92 Å². The third-order valence-electron chi connectivity index (χ3n) is 6.36. The van der Waals surface area contributed by atoms with E-state index in [0.29, 0.717) is 41.4 Å². The summed E-state index contributed by atoms with van der Waals surface area (Å²) in [5.74, 6) is -2.22. The minimum atomic E-state index is -0.983. The normalized spacial score (nSPS) is 17.4. The molecule has 0 radical (unpaired) electrons. The maximum atomic E-state index is 13.9. The van der Waals surface area contributed by atoms with Gasteiger partial charge in [0.1, 0.15) is 6.04 Å². The minimum Gasteiger partial charge on any atom is -0.339 e. The van der Waals surface area contributed by atoms with Gasteiger partial charge in [0.05, 0.1) is 40.6 Å². The number of imidazole rings is 1. The van der Waals surface area contributed by atoms with E-state index in [-0.39, 0.29) is 23.4 Å². The van der Waals surface area contributed by atoms with Gasteiger partial charge in [0, 0.05) is 25.2 Å². The standard InChI is InChI=1S/C24H23F2N5O2/c1-14(2)22(31-13-28-20-9-17(25)18(26)10-21(20)31)24(33)29-8-7-15(11-29)30-12-27-19-6-4-3-5-16(19)23(30)32/h3-6,9-10,12-15,22H,7-8,11H2,1-2H3. The number of aromatic nitrogens is 4. The number of fused-ring (bicyclic) bond motifs is 2. The lowest BCUT2D eigenvalue weighted by atomic mass is 10.0. The molecule has 2 aromatic carbocycles. The third-order valence-corrected chi connectivity index (χ3v) is 6.36. The van der Waals surface area contributed by atoms with Crippen molar-refractivity contribution in [2.75, 3.05) is 13.1 Å². The van der Waals surface area contributed by atoms with Gasteiger partial charge in [0.25, 0.3) is 5.56 Å². The number of carbonyl (C=O) groups is 1. The molecule has 170 valence electrons. The van der Waals surface area contributed by atoms with E-state index in [2.05, 4.69) is 9.97 Å². The Hall–Kier alpha value is -3.62. The van der Waals surface area contributed by atoms with E-state index in [1.807, 2.05) is 19.9 Å². The number of para-hydroxylation sites is 1. The van der Waals surface area contributed by atoms with Crippen LogP contribution < -0.4 is 5.56 Å². The number of hydrogen-bond donors (Lipinski definition) is 0. The Morgan fingerprint density at radius 3 is 2.58 bits per heavy atom. The number of nitrogens with zero attached hydrogens (tertiary/aromatic N) is 5. The zero-order valence-corrected chi connectivity index (χ0v) is 18.3. The third kappa shape index (κ3) is 3.57. The number of hydrogen-bond acceptors (Lipinski definition) is 4. The molecule has 0 N–H and O–H groups in total. The monoisotopic (exact) mass is 451 g/mol. The molecule has 5 rings (SSSR count). The van der Waals surface area contributed by atoms with E-state index in [4.69, 9.17) is 0 Å². The topological polar surface area (TPSA) is 73.0 Å². The first-order chi connectivity index (χ1) is 15.8. The number of carbonyl (C=O) groups excluding carboxylic acids is 1. The summed E-state index contributed by atoms with van der Waals surface area (Å²) in [6, 6.07) is 8.48. The summed E-state index contributed by atoms with van der Waals surface area (Å²) in [5, 5.41) is 0.545. The molecule has 9 heteroatoms. The van der Waals surface area contributed by atoms with Crippen molar-refractivity contribution in [2.45, 2.75) is 32.4 Å². The highest BCUT2D eigenvalue weighted by molar-refractivity contribution is 5.84. The van der Waals surface area contributed by atoms with Gasteiger partial charge in [0.15, 0.2) is 11.6 Å². The van der Waals surface area contributed by atoms with Gasteiger partial charge in [-0.2, -0.15) is 0 Å². The molecule has 0 aliphatic carbocycles. The molecule has 1 fully saturated rings. The van der Waals surface area contributed by atoms with Crippen LogP contribution in [0.3, 0.4) is 0 Å². The molecular formula is C24H23F2N5O2. The molecule has 7 nitrogen and oxygen atoms in total. The SMILES string of the molecule is CC(C)C(C(=O)N1CCC(n2cnc3ccccc3c2=O)C1)n1cnc2cc(F)c(F)cc21. The summed E-state index contributed by atoms with van der Waals surface area (Å²) in [6.45, 7) is 4.67. The molecular weight excluding hydrogens is 428 g/mol. The highest BCUT2D eigenvalue weighted by Crippen LogP contribution is 2.30. The van der Waals surface area contributed by atoms with Gasteiger partial charge < -0.3 is 9.47 Å². The van der Waals surface area contributed by atoms with Crippen LogP contribution in [0, 0.1) is 17.6 Å². The fourth-order valence-electron chi connectivity index (χ4n) is 4.67. The highest BCUT2D eigenvalue weighted by Gasteiger charge is 2.35. The number of halogens is 2. The van der Waals surface area contributed by atoms with Crippen LogP contribution >= 0.6 is 0 Å².